The molecule has 212 valence electrons. The molecule has 3 aliphatic rings. The number of nitrogens with one attached hydrogen (secondary N) is 1. The third-order valence-electron chi connectivity index (χ3n) is 8.62. The van der Waals surface area contributed by atoms with Gasteiger partial charge in [-0.1, -0.05) is 13.0 Å². The van der Waals surface area contributed by atoms with Gasteiger partial charge in [-0.05, 0) is 95.2 Å². The molecule has 0 bridgehead atoms. The van der Waals surface area contributed by atoms with Crippen LogP contribution in [0.4, 0.5) is 0 Å². The third kappa shape index (κ3) is 9.29. The smallest absolute Gasteiger partial charge is 0.160 e. The van der Waals surface area contributed by atoms with E-state index in [-0.39, 0.29) is 55.2 Å². The van der Waals surface area contributed by atoms with Gasteiger partial charge in [-0.15, -0.1) is 6.58 Å². The van der Waals surface area contributed by atoms with Crippen LogP contribution in [0.15, 0.2) is 12.7 Å². The van der Waals surface area contributed by atoms with Crippen LogP contribution in [0.1, 0.15) is 64.7 Å². The minimum atomic E-state index is -0.382. The van der Waals surface area contributed by atoms with Gasteiger partial charge in [0.05, 0.1) is 18.8 Å². The molecule has 3 rings (SSSR count). The van der Waals surface area contributed by atoms with Crippen molar-refractivity contribution in [2.24, 2.45) is 52.3 Å². The van der Waals surface area contributed by atoms with Crippen molar-refractivity contribution < 1.29 is 14.6 Å². The van der Waals surface area contributed by atoms with E-state index in [1.807, 2.05) is 13.1 Å². The van der Waals surface area contributed by atoms with E-state index in [1.165, 1.54) is 0 Å². The van der Waals surface area contributed by atoms with Crippen LogP contribution in [0, 0.1) is 23.7 Å². The molecule has 0 amide bonds. The van der Waals surface area contributed by atoms with Crippen LogP contribution in [0.3, 0.4) is 0 Å². The highest BCUT2D eigenvalue weighted by Gasteiger charge is 2.44. The van der Waals surface area contributed by atoms with Gasteiger partial charge in [0, 0.05) is 30.6 Å². The van der Waals surface area contributed by atoms with E-state index in [9.17, 15) is 5.11 Å². The molecule has 1 heterocycles. The third-order valence-corrected chi connectivity index (χ3v) is 8.62. The lowest BCUT2D eigenvalue weighted by molar-refractivity contribution is -0.236. The van der Waals surface area contributed by atoms with Gasteiger partial charge in [0.1, 0.15) is 0 Å². The molecular weight excluding hydrogens is 456 g/mol. The number of likely N-dealkylation sites (N-methyl/N-ethyl adjacent to an activating group) is 1. The van der Waals surface area contributed by atoms with E-state index >= 15 is 0 Å². The van der Waals surface area contributed by atoms with Crippen LogP contribution in [-0.2, 0) is 9.47 Å². The van der Waals surface area contributed by atoms with E-state index < -0.39 is 0 Å². The summed E-state index contributed by atoms with van der Waals surface area (Å²) in [6.07, 6.45) is 9.90. The molecule has 1 aliphatic heterocycles. The Labute approximate surface area is 219 Å². The summed E-state index contributed by atoms with van der Waals surface area (Å²) in [7, 11) is 1.97. The Balaban J connectivity index is 0.000000678. The zero-order chi connectivity index (χ0) is 26.7. The molecule has 9 nitrogen and oxygen atoms in total. The average Bonchev–Trinajstić information content (AvgIpc) is 2.87. The van der Waals surface area contributed by atoms with Crippen LogP contribution in [0.2, 0.25) is 0 Å². The normalized spacial score (nSPS) is 41.3. The van der Waals surface area contributed by atoms with Gasteiger partial charge in [-0.2, -0.15) is 0 Å². The lowest BCUT2D eigenvalue weighted by atomic mass is 9.67. The topological polar surface area (TPSA) is 181 Å². The number of aliphatic hydroxyl groups is 1. The standard InChI is InChI=1S/C22H45N5O3.C5H11N/c1-12-21(26)15(6-14-5-13(10-23)3-4-18(14)25)7-19(22(12)27-2)30-20-9-16(24)8-17(11-28)29-20;1-2-3-4-5-6/h12-22,27-28H,3-11,23-26H2,1-2H3;2H,1,3-6H2. The lowest BCUT2D eigenvalue weighted by Gasteiger charge is -2.48. The first-order chi connectivity index (χ1) is 17.3. The Morgan fingerprint density at radius 1 is 1.08 bits per heavy atom. The zero-order valence-electron chi connectivity index (χ0n) is 22.8. The summed E-state index contributed by atoms with van der Waals surface area (Å²) in [5.41, 5.74) is 30.5. The van der Waals surface area contributed by atoms with Gasteiger partial charge < -0.3 is 48.6 Å². The van der Waals surface area contributed by atoms with Crippen LogP contribution in [0.5, 0.6) is 0 Å². The van der Waals surface area contributed by atoms with Crippen molar-refractivity contribution in [2.45, 2.75) is 107 Å². The van der Waals surface area contributed by atoms with Crippen molar-refractivity contribution in [2.75, 3.05) is 26.7 Å². The van der Waals surface area contributed by atoms with E-state index in [4.69, 9.17) is 38.1 Å². The number of nitrogens with two attached hydrogens (primary N) is 5. The van der Waals surface area contributed by atoms with E-state index in [2.05, 4.69) is 18.8 Å². The van der Waals surface area contributed by atoms with E-state index in [0.29, 0.717) is 30.6 Å². The Morgan fingerprint density at radius 3 is 2.42 bits per heavy atom. The van der Waals surface area contributed by atoms with E-state index in [0.717, 1.165) is 58.0 Å². The molecule has 9 heteroatoms. The number of hydrogen-bond acceptors (Lipinski definition) is 9. The number of unbranched alkanes of at least 4 members (excludes halogenated alkanes) is 1. The molecule has 3 fully saturated rings. The molecule has 11 atom stereocenters. The minimum Gasteiger partial charge on any atom is -0.394 e. The molecule has 0 aromatic heterocycles. The summed E-state index contributed by atoms with van der Waals surface area (Å²) in [5, 5.41) is 12.9. The maximum atomic E-state index is 9.51. The molecular formula is C27H56N6O3. The Morgan fingerprint density at radius 2 is 1.83 bits per heavy atom. The molecule has 0 radical (unpaired) electrons. The predicted octanol–water partition coefficient (Wildman–Crippen LogP) is 0.771. The van der Waals surface area contributed by atoms with Gasteiger partial charge in [-0.25, -0.2) is 0 Å². The highest BCUT2D eigenvalue weighted by molar-refractivity contribution is 4.99. The molecule has 12 N–H and O–H groups in total. The summed E-state index contributed by atoms with van der Waals surface area (Å²) in [6, 6.07) is 0.484. The molecule has 36 heavy (non-hydrogen) atoms. The van der Waals surface area contributed by atoms with Crippen molar-refractivity contribution in [3.63, 3.8) is 0 Å². The summed E-state index contributed by atoms with van der Waals surface area (Å²) in [5.74, 6) is 1.68. The van der Waals surface area contributed by atoms with Crippen LogP contribution in [-0.4, -0.2) is 74.5 Å². The highest BCUT2D eigenvalue weighted by Crippen LogP contribution is 2.39. The van der Waals surface area contributed by atoms with Gasteiger partial charge in [-0.3, -0.25) is 0 Å². The monoisotopic (exact) mass is 512 g/mol. The van der Waals surface area contributed by atoms with Crippen LogP contribution in [0.25, 0.3) is 0 Å². The number of hydrogen-bond donors (Lipinski definition) is 7. The summed E-state index contributed by atoms with van der Waals surface area (Å²) in [4.78, 5) is 0. The van der Waals surface area contributed by atoms with Crippen molar-refractivity contribution in [1.29, 1.82) is 0 Å². The summed E-state index contributed by atoms with van der Waals surface area (Å²) < 4.78 is 12.4. The quantitative estimate of drug-likeness (QED) is 0.164. The molecule has 0 aromatic rings. The minimum absolute atomic E-state index is 0.00503. The molecule has 11 unspecified atom stereocenters. The van der Waals surface area contributed by atoms with Crippen molar-refractivity contribution in [3.8, 4) is 0 Å². The fraction of sp³-hybridized carbons (Fsp3) is 0.926. The second-order valence-electron chi connectivity index (χ2n) is 11.3. The molecule has 2 saturated carbocycles. The van der Waals surface area contributed by atoms with E-state index in [1.54, 1.807) is 0 Å². The summed E-state index contributed by atoms with van der Waals surface area (Å²) in [6.45, 7) is 7.25. The van der Waals surface area contributed by atoms with Gasteiger partial charge in [0.15, 0.2) is 6.29 Å². The second-order valence-corrected chi connectivity index (χ2v) is 11.3. The fourth-order valence-electron chi connectivity index (χ4n) is 6.38. The Hall–Kier alpha value is -0.620. The molecule has 0 aromatic carbocycles. The first-order valence-corrected chi connectivity index (χ1v) is 14.1. The number of aliphatic hydroxyl groups excluding tert-OH is 1. The first kappa shape index (κ1) is 31.6. The van der Waals surface area contributed by atoms with Crippen molar-refractivity contribution >= 4 is 0 Å². The number of rotatable bonds is 10. The maximum absolute atomic E-state index is 9.51. The SMILES string of the molecule is C=CCCCN.CNC1C(OC2CC(N)CC(CO)O2)CC(CC2CC(CN)CCC2N)C(N)C1C. The van der Waals surface area contributed by atoms with Crippen LogP contribution >= 0.6 is 0 Å². The molecule has 1 saturated heterocycles. The fourth-order valence-corrected chi connectivity index (χ4v) is 6.38. The summed E-state index contributed by atoms with van der Waals surface area (Å²) >= 11 is 0. The maximum Gasteiger partial charge on any atom is 0.160 e. The lowest BCUT2D eigenvalue weighted by Crippen LogP contribution is -2.59. The highest BCUT2D eigenvalue weighted by atomic mass is 16.7. The Kier molecular flexibility index (Phi) is 14.4. The van der Waals surface area contributed by atoms with Crippen molar-refractivity contribution in [3.05, 3.63) is 12.7 Å². The van der Waals surface area contributed by atoms with Crippen LogP contribution < -0.4 is 34.0 Å². The van der Waals surface area contributed by atoms with Gasteiger partial charge >= 0.3 is 0 Å². The largest absolute Gasteiger partial charge is 0.394 e. The average molecular weight is 513 g/mol. The number of ether oxygens (including phenoxy) is 2. The molecule has 0 spiro atoms. The molecule has 2 aliphatic carbocycles. The van der Waals surface area contributed by atoms with Crippen molar-refractivity contribution in [1.82, 2.24) is 5.32 Å². The predicted molar refractivity (Wildman–Crippen MR) is 147 cm³/mol. The second kappa shape index (κ2) is 16.4. The van der Waals surface area contributed by atoms with Gasteiger partial charge in [0.2, 0.25) is 0 Å². The number of allylic oxidation sites excluding steroid dienone is 1. The zero-order valence-corrected chi connectivity index (χ0v) is 22.8. The van der Waals surface area contributed by atoms with Gasteiger partial charge in [0.25, 0.3) is 0 Å². The Bertz CT molecular complexity index is 614. The first-order valence-electron chi connectivity index (χ1n) is 14.1.